The van der Waals surface area contributed by atoms with Gasteiger partial charge in [0.2, 0.25) is 0 Å². The Morgan fingerprint density at radius 3 is 1.44 bits per heavy atom. The number of ketones is 2. The summed E-state index contributed by atoms with van der Waals surface area (Å²) in [5.41, 5.74) is 0. The van der Waals surface area contributed by atoms with Gasteiger partial charge in [0.05, 0.1) is 26.4 Å². The van der Waals surface area contributed by atoms with Crippen molar-refractivity contribution in [2.24, 2.45) is 0 Å². The molecule has 0 atom stereocenters. The van der Waals surface area contributed by atoms with E-state index in [-0.39, 0.29) is 50.8 Å². The second kappa shape index (κ2) is 16.7. The fourth-order valence-electron chi connectivity index (χ4n) is 2.23. The van der Waals surface area contributed by atoms with Crippen LogP contribution in [0.15, 0.2) is 24.3 Å². The molecule has 10 nitrogen and oxygen atoms in total. The van der Waals surface area contributed by atoms with Crippen molar-refractivity contribution in [3.05, 3.63) is 24.3 Å². The molecule has 0 saturated heterocycles. The van der Waals surface area contributed by atoms with Crippen LogP contribution in [0.4, 0.5) is 0 Å². The highest BCUT2D eigenvalue weighted by atomic mass is 16.6. The molecule has 0 bridgehead atoms. The second-order valence-corrected chi connectivity index (χ2v) is 6.60. The third kappa shape index (κ3) is 14.9. The van der Waals surface area contributed by atoms with E-state index in [2.05, 4.69) is 0 Å². The predicted octanol–water partition coefficient (Wildman–Crippen LogP) is 1.52. The summed E-state index contributed by atoms with van der Waals surface area (Å²) >= 11 is 0. The molecule has 0 unspecified atom stereocenters. The van der Waals surface area contributed by atoms with Crippen LogP contribution < -0.4 is 9.47 Å². The monoisotopic (exact) mass is 454 g/mol. The molecule has 0 aliphatic rings. The van der Waals surface area contributed by atoms with Gasteiger partial charge in [-0.05, 0) is 26.0 Å². The van der Waals surface area contributed by atoms with Crippen LogP contribution in [0, 0.1) is 0 Å². The van der Waals surface area contributed by atoms with Gasteiger partial charge in [0, 0.05) is 6.07 Å². The fraction of sp³-hybridized carbons (Fsp3) is 0.545. The van der Waals surface area contributed by atoms with Gasteiger partial charge in [-0.3, -0.25) is 19.2 Å². The molecule has 0 radical (unpaired) electrons. The predicted molar refractivity (Wildman–Crippen MR) is 112 cm³/mol. The Balaban J connectivity index is 2.07. The molecule has 0 aromatic heterocycles. The van der Waals surface area contributed by atoms with Gasteiger partial charge >= 0.3 is 11.9 Å². The molecule has 0 amide bonds. The van der Waals surface area contributed by atoms with E-state index in [4.69, 9.17) is 28.4 Å². The SMILES string of the molecule is CC(=O)CC(=O)OCCOCCOc1cccc(OCCOCCOC(=O)CC(C)=O)c1. The first-order chi connectivity index (χ1) is 15.4. The molecular formula is C22H30O10. The summed E-state index contributed by atoms with van der Waals surface area (Å²) in [5.74, 6) is -0.393. The van der Waals surface area contributed by atoms with Crippen LogP contribution in [0.3, 0.4) is 0 Å². The maximum atomic E-state index is 11.2. The van der Waals surface area contributed by atoms with Crippen molar-refractivity contribution in [3.63, 3.8) is 0 Å². The van der Waals surface area contributed by atoms with E-state index in [1.165, 1.54) is 13.8 Å². The zero-order valence-electron chi connectivity index (χ0n) is 18.5. The molecule has 178 valence electrons. The molecule has 0 fully saturated rings. The van der Waals surface area contributed by atoms with E-state index in [1.54, 1.807) is 24.3 Å². The van der Waals surface area contributed by atoms with E-state index < -0.39 is 11.9 Å². The van der Waals surface area contributed by atoms with E-state index >= 15 is 0 Å². The number of esters is 2. The van der Waals surface area contributed by atoms with Crippen LogP contribution in [-0.2, 0) is 38.1 Å². The molecule has 0 aliphatic carbocycles. The largest absolute Gasteiger partial charge is 0.491 e. The van der Waals surface area contributed by atoms with Crippen LogP contribution in [0.2, 0.25) is 0 Å². The van der Waals surface area contributed by atoms with E-state index in [0.29, 0.717) is 37.9 Å². The van der Waals surface area contributed by atoms with Crippen LogP contribution in [0.25, 0.3) is 0 Å². The number of hydrogen-bond acceptors (Lipinski definition) is 10. The highest BCUT2D eigenvalue weighted by Crippen LogP contribution is 2.19. The Morgan fingerprint density at radius 1 is 0.625 bits per heavy atom. The Labute approximate surface area is 187 Å². The maximum absolute atomic E-state index is 11.2. The molecule has 0 aliphatic heterocycles. The normalized spacial score (nSPS) is 10.3. The Kier molecular flexibility index (Phi) is 14.1. The van der Waals surface area contributed by atoms with Crippen molar-refractivity contribution in [1.82, 2.24) is 0 Å². The summed E-state index contributed by atoms with van der Waals surface area (Å²) in [4.78, 5) is 43.9. The topological polar surface area (TPSA) is 124 Å². The van der Waals surface area contributed by atoms with E-state index in [9.17, 15) is 19.2 Å². The minimum absolute atomic E-state index is 0.0817. The van der Waals surface area contributed by atoms with Gasteiger partial charge in [-0.15, -0.1) is 0 Å². The lowest BCUT2D eigenvalue weighted by atomic mass is 10.3. The van der Waals surface area contributed by atoms with Gasteiger partial charge in [0.1, 0.15) is 62.3 Å². The highest BCUT2D eigenvalue weighted by molar-refractivity contribution is 5.94. The van der Waals surface area contributed by atoms with Crippen molar-refractivity contribution in [2.45, 2.75) is 26.7 Å². The number of carbonyl (C=O) groups is 4. The lowest BCUT2D eigenvalue weighted by molar-refractivity contribution is -0.148. The van der Waals surface area contributed by atoms with Crippen molar-refractivity contribution >= 4 is 23.5 Å². The average molecular weight is 454 g/mol. The zero-order valence-corrected chi connectivity index (χ0v) is 18.5. The van der Waals surface area contributed by atoms with Crippen LogP contribution in [-0.4, -0.2) is 76.4 Å². The van der Waals surface area contributed by atoms with Crippen LogP contribution in [0.5, 0.6) is 11.5 Å². The van der Waals surface area contributed by atoms with Crippen molar-refractivity contribution < 1.29 is 47.6 Å². The fourth-order valence-corrected chi connectivity index (χ4v) is 2.23. The first-order valence-electron chi connectivity index (χ1n) is 10.2. The smallest absolute Gasteiger partial charge is 0.313 e. The maximum Gasteiger partial charge on any atom is 0.313 e. The number of rotatable bonds is 18. The lowest BCUT2D eigenvalue weighted by Gasteiger charge is -2.10. The molecule has 32 heavy (non-hydrogen) atoms. The summed E-state index contributed by atoms with van der Waals surface area (Å²) in [6.45, 7) is 4.46. The molecule has 0 N–H and O–H groups in total. The first-order valence-corrected chi connectivity index (χ1v) is 10.2. The number of hydrogen-bond donors (Lipinski definition) is 0. The minimum Gasteiger partial charge on any atom is -0.491 e. The summed E-state index contributed by atoms with van der Waals surface area (Å²) in [7, 11) is 0. The number of carbonyl (C=O) groups excluding carboxylic acids is 4. The molecular weight excluding hydrogens is 424 g/mol. The summed E-state index contributed by atoms with van der Waals surface area (Å²) < 4.78 is 31.4. The summed E-state index contributed by atoms with van der Waals surface area (Å²) in [5, 5.41) is 0. The molecule has 10 heteroatoms. The Bertz CT molecular complexity index is 674. The first kappa shape index (κ1) is 27.1. The van der Waals surface area contributed by atoms with Gasteiger partial charge in [-0.25, -0.2) is 0 Å². The van der Waals surface area contributed by atoms with Crippen molar-refractivity contribution in [2.75, 3.05) is 52.9 Å². The highest BCUT2D eigenvalue weighted by Gasteiger charge is 2.06. The molecule has 1 aromatic rings. The van der Waals surface area contributed by atoms with Crippen molar-refractivity contribution in [3.8, 4) is 11.5 Å². The van der Waals surface area contributed by atoms with Gasteiger partial charge in [-0.1, -0.05) is 6.07 Å². The standard InChI is InChI=1S/C22H30O10/c1-17(23)14-21(25)31-12-8-27-6-10-29-19-4-3-5-20(16-19)30-11-7-28-9-13-32-22(26)15-18(2)24/h3-5,16H,6-15H2,1-2H3. The average Bonchev–Trinajstić information content (AvgIpc) is 2.71. The summed E-state index contributed by atoms with van der Waals surface area (Å²) in [6.07, 6.45) is -0.462. The van der Waals surface area contributed by atoms with Gasteiger partial charge in [-0.2, -0.15) is 0 Å². The van der Waals surface area contributed by atoms with Crippen LogP contribution in [0.1, 0.15) is 26.7 Å². The zero-order chi connectivity index (χ0) is 23.6. The Hall–Kier alpha value is -2.98. The molecule has 1 aromatic carbocycles. The van der Waals surface area contributed by atoms with Gasteiger partial charge < -0.3 is 28.4 Å². The molecule has 0 saturated carbocycles. The quantitative estimate of drug-likeness (QED) is 0.183. The number of ether oxygens (including phenoxy) is 6. The van der Waals surface area contributed by atoms with Crippen LogP contribution >= 0.6 is 0 Å². The molecule has 1 rings (SSSR count). The van der Waals surface area contributed by atoms with E-state index in [0.717, 1.165) is 0 Å². The number of Topliss-reactive ketones (excluding diaryl/α,β-unsaturated/α-hetero) is 2. The van der Waals surface area contributed by atoms with Gasteiger partial charge in [0.15, 0.2) is 0 Å². The van der Waals surface area contributed by atoms with E-state index in [1.807, 2.05) is 0 Å². The molecule has 0 heterocycles. The Morgan fingerprint density at radius 2 is 1.03 bits per heavy atom. The second-order valence-electron chi connectivity index (χ2n) is 6.60. The number of benzene rings is 1. The third-order valence-corrected chi connectivity index (χ3v) is 3.57. The minimum atomic E-state index is -0.562. The lowest BCUT2D eigenvalue weighted by Crippen LogP contribution is -2.15. The third-order valence-electron chi connectivity index (χ3n) is 3.57. The summed E-state index contributed by atoms with van der Waals surface area (Å²) in [6, 6.07) is 7.08. The van der Waals surface area contributed by atoms with Crippen molar-refractivity contribution in [1.29, 1.82) is 0 Å². The molecule has 0 spiro atoms. The van der Waals surface area contributed by atoms with Gasteiger partial charge in [0.25, 0.3) is 0 Å².